The standard InChI is InChI=1S/C16H21FN4O2/c1-3-16(4-2,11-22)10-18-15(23)14-9-21(20-19-14)13-7-5-12(17)6-8-13/h5-9,22H,3-4,10-11H2,1-2H3,(H,18,23). The van der Waals surface area contributed by atoms with Gasteiger partial charge < -0.3 is 10.4 Å². The van der Waals surface area contributed by atoms with E-state index < -0.39 is 0 Å². The lowest BCUT2D eigenvalue weighted by atomic mass is 9.83. The summed E-state index contributed by atoms with van der Waals surface area (Å²) in [5, 5.41) is 20.0. The van der Waals surface area contributed by atoms with Crippen LogP contribution in [0.2, 0.25) is 0 Å². The zero-order valence-corrected chi connectivity index (χ0v) is 13.3. The summed E-state index contributed by atoms with van der Waals surface area (Å²) < 4.78 is 14.3. The molecule has 7 heteroatoms. The molecule has 1 aromatic carbocycles. The summed E-state index contributed by atoms with van der Waals surface area (Å²) in [7, 11) is 0. The first-order chi connectivity index (χ1) is 11.0. The largest absolute Gasteiger partial charge is 0.396 e. The minimum absolute atomic E-state index is 0.0164. The first-order valence-electron chi connectivity index (χ1n) is 7.61. The van der Waals surface area contributed by atoms with E-state index in [1.54, 1.807) is 12.1 Å². The van der Waals surface area contributed by atoms with E-state index >= 15 is 0 Å². The second-order valence-electron chi connectivity index (χ2n) is 5.57. The molecule has 1 heterocycles. The fourth-order valence-corrected chi connectivity index (χ4v) is 2.23. The number of aliphatic hydroxyl groups is 1. The van der Waals surface area contributed by atoms with Gasteiger partial charge >= 0.3 is 0 Å². The summed E-state index contributed by atoms with van der Waals surface area (Å²) in [5.41, 5.74) is 0.473. The number of hydrogen-bond acceptors (Lipinski definition) is 4. The van der Waals surface area contributed by atoms with Crippen LogP contribution in [0.5, 0.6) is 0 Å². The van der Waals surface area contributed by atoms with Gasteiger partial charge in [0, 0.05) is 12.0 Å². The Hall–Kier alpha value is -2.28. The van der Waals surface area contributed by atoms with Crippen molar-refractivity contribution < 1.29 is 14.3 Å². The fourth-order valence-electron chi connectivity index (χ4n) is 2.23. The molecule has 124 valence electrons. The minimum Gasteiger partial charge on any atom is -0.396 e. The summed E-state index contributed by atoms with van der Waals surface area (Å²) >= 11 is 0. The lowest BCUT2D eigenvalue weighted by molar-refractivity contribution is 0.0846. The van der Waals surface area contributed by atoms with Gasteiger partial charge in [-0.3, -0.25) is 4.79 Å². The first-order valence-corrected chi connectivity index (χ1v) is 7.61. The fraction of sp³-hybridized carbons (Fsp3) is 0.438. The lowest BCUT2D eigenvalue weighted by Gasteiger charge is -2.29. The number of aromatic nitrogens is 3. The predicted octanol–water partition coefficient (Wildman–Crippen LogP) is 1.93. The van der Waals surface area contributed by atoms with E-state index in [-0.39, 0.29) is 29.4 Å². The Balaban J connectivity index is 2.05. The predicted molar refractivity (Wildman–Crippen MR) is 83.8 cm³/mol. The molecular weight excluding hydrogens is 299 g/mol. The van der Waals surface area contributed by atoms with Crippen LogP contribution in [0.25, 0.3) is 5.69 Å². The summed E-state index contributed by atoms with van der Waals surface area (Å²) in [6.45, 7) is 4.36. The smallest absolute Gasteiger partial charge is 0.273 e. The summed E-state index contributed by atoms with van der Waals surface area (Å²) in [6.07, 6.45) is 3.02. The molecule has 1 amide bonds. The molecule has 0 saturated carbocycles. The Morgan fingerprint density at radius 2 is 1.96 bits per heavy atom. The zero-order chi connectivity index (χ0) is 16.9. The summed E-state index contributed by atoms with van der Waals surface area (Å²) in [6, 6.07) is 5.73. The molecule has 0 bridgehead atoms. The van der Waals surface area contributed by atoms with E-state index in [4.69, 9.17) is 0 Å². The second kappa shape index (κ2) is 7.32. The molecule has 1 aromatic heterocycles. The number of benzene rings is 1. The molecule has 0 saturated heterocycles. The van der Waals surface area contributed by atoms with Crippen LogP contribution in [0.3, 0.4) is 0 Å². The van der Waals surface area contributed by atoms with Gasteiger partial charge in [-0.15, -0.1) is 5.10 Å². The van der Waals surface area contributed by atoms with Gasteiger partial charge in [-0.2, -0.15) is 0 Å². The third-order valence-corrected chi connectivity index (χ3v) is 4.28. The molecule has 0 spiro atoms. The molecule has 2 rings (SSSR count). The van der Waals surface area contributed by atoms with Gasteiger partial charge in [0.2, 0.25) is 0 Å². The van der Waals surface area contributed by atoms with Crippen molar-refractivity contribution in [3.05, 3.63) is 42.0 Å². The number of amides is 1. The maximum absolute atomic E-state index is 12.9. The molecule has 0 unspecified atom stereocenters. The average molecular weight is 320 g/mol. The maximum Gasteiger partial charge on any atom is 0.273 e. The number of carbonyl (C=O) groups is 1. The topological polar surface area (TPSA) is 80.0 Å². The molecule has 2 N–H and O–H groups in total. The molecule has 0 fully saturated rings. The van der Waals surface area contributed by atoms with Crippen LogP contribution in [0.15, 0.2) is 30.5 Å². The van der Waals surface area contributed by atoms with Crippen LogP contribution in [0, 0.1) is 11.2 Å². The average Bonchev–Trinajstić information content (AvgIpc) is 3.07. The van der Waals surface area contributed by atoms with Crippen LogP contribution in [-0.4, -0.2) is 39.2 Å². The van der Waals surface area contributed by atoms with Gasteiger partial charge in [0.1, 0.15) is 5.82 Å². The van der Waals surface area contributed by atoms with Crippen molar-refractivity contribution >= 4 is 5.91 Å². The van der Waals surface area contributed by atoms with Crippen molar-refractivity contribution in [2.45, 2.75) is 26.7 Å². The van der Waals surface area contributed by atoms with Gasteiger partial charge in [-0.25, -0.2) is 9.07 Å². The van der Waals surface area contributed by atoms with Gasteiger partial charge in [-0.05, 0) is 37.1 Å². The van der Waals surface area contributed by atoms with Gasteiger partial charge in [0.25, 0.3) is 5.91 Å². The summed E-state index contributed by atoms with van der Waals surface area (Å²) in [5.74, 6) is -0.690. The molecule has 0 radical (unpaired) electrons. The third kappa shape index (κ3) is 3.92. The van der Waals surface area contributed by atoms with Crippen molar-refractivity contribution in [3.8, 4) is 5.69 Å². The van der Waals surface area contributed by atoms with Crippen molar-refractivity contribution in [2.24, 2.45) is 5.41 Å². The van der Waals surface area contributed by atoms with Crippen LogP contribution in [0.4, 0.5) is 4.39 Å². The molecule has 23 heavy (non-hydrogen) atoms. The van der Waals surface area contributed by atoms with Gasteiger partial charge in [0.05, 0.1) is 18.5 Å². The molecule has 6 nitrogen and oxygen atoms in total. The van der Waals surface area contributed by atoms with Crippen LogP contribution < -0.4 is 5.32 Å². The zero-order valence-electron chi connectivity index (χ0n) is 13.3. The minimum atomic E-state index is -0.349. The van der Waals surface area contributed by atoms with Crippen molar-refractivity contribution in [3.63, 3.8) is 0 Å². The number of nitrogens with zero attached hydrogens (tertiary/aromatic N) is 3. The van der Waals surface area contributed by atoms with E-state index in [9.17, 15) is 14.3 Å². The molecular formula is C16H21FN4O2. The van der Waals surface area contributed by atoms with Crippen LogP contribution in [0.1, 0.15) is 37.2 Å². The molecule has 0 aliphatic heterocycles. The number of rotatable bonds is 7. The third-order valence-electron chi connectivity index (χ3n) is 4.28. The van der Waals surface area contributed by atoms with Crippen LogP contribution in [-0.2, 0) is 0 Å². The normalized spacial score (nSPS) is 11.5. The van der Waals surface area contributed by atoms with Gasteiger partial charge in [0.15, 0.2) is 5.69 Å². The Bertz CT molecular complexity index is 642. The van der Waals surface area contributed by atoms with E-state index in [0.717, 1.165) is 12.8 Å². The maximum atomic E-state index is 12.9. The number of carbonyl (C=O) groups excluding carboxylic acids is 1. The molecule has 0 atom stereocenters. The van der Waals surface area contributed by atoms with E-state index in [1.807, 2.05) is 13.8 Å². The van der Waals surface area contributed by atoms with Gasteiger partial charge in [-0.1, -0.05) is 19.1 Å². The van der Waals surface area contributed by atoms with Crippen LogP contribution >= 0.6 is 0 Å². The highest BCUT2D eigenvalue weighted by atomic mass is 19.1. The highest BCUT2D eigenvalue weighted by Crippen LogP contribution is 2.24. The molecule has 0 aliphatic rings. The molecule has 0 aliphatic carbocycles. The van der Waals surface area contributed by atoms with E-state index in [0.29, 0.717) is 12.2 Å². The van der Waals surface area contributed by atoms with E-state index in [1.165, 1.54) is 23.0 Å². The Kier molecular flexibility index (Phi) is 5.44. The summed E-state index contributed by atoms with van der Waals surface area (Å²) in [4.78, 5) is 12.2. The van der Waals surface area contributed by atoms with E-state index in [2.05, 4.69) is 15.6 Å². The Morgan fingerprint density at radius 1 is 1.30 bits per heavy atom. The number of hydrogen-bond donors (Lipinski definition) is 2. The lowest BCUT2D eigenvalue weighted by Crippen LogP contribution is -2.39. The second-order valence-corrected chi connectivity index (χ2v) is 5.57. The van der Waals surface area contributed by atoms with Crippen molar-refractivity contribution in [1.82, 2.24) is 20.3 Å². The molecule has 2 aromatic rings. The first kappa shape index (κ1) is 17.1. The Morgan fingerprint density at radius 3 is 2.52 bits per heavy atom. The Labute approximate surface area is 134 Å². The SMILES string of the molecule is CCC(CC)(CO)CNC(=O)c1cn(-c2ccc(F)cc2)nn1. The number of halogens is 1. The highest BCUT2D eigenvalue weighted by molar-refractivity contribution is 5.91. The quantitative estimate of drug-likeness (QED) is 0.817. The highest BCUT2D eigenvalue weighted by Gasteiger charge is 2.26. The monoisotopic (exact) mass is 320 g/mol. The van der Waals surface area contributed by atoms with Crippen molar-refractivity contribution in [2.75, 3.05) is 13.2 Å². The number of nitrogens with one attached hydrogen (secondary N) is 1. The van der Waals surface area contributed by atoms with Crippen molar-refractivity contribution in [1.29, 1.82) is 0 Å². The number of aliphatic hydroxyl groups excluding tert-OH is 1.